The SMILES string of the molecule is CN1CCC(NC2CC2)C(C(N)=O)C1. The first-order valence-corrected chi connectivity index (χ1v) is 5.40. The molecule has 0 bridgehead atoms. The van der Waals surface area contributed by atoms with Gasteiger partial charge < -0.3 is 16.0 Å². The topological polar surface area (TPSA) is 58.4 Å². The minimum atomic E-state index is -0.158. The molecule has 0 aromatic carbocycles. The van der Waals surface area contributed by atoms with E-state index < -0.39 is 0 Å². The maximum Gasteiger partial charge on any atom is 0.223 e. The predicted molar refractivity (Wildman–Crippen MR) is 54.7 cm³/mol. The molecule has 0 radical (unpaired) electrons. The smallest absolute Gasteiger partial charge is 0.223 e. The zero-order chi connectivity index (χ0) is 10.1. The zero-order valence-electron chi connectivity index (χ0n) is 8.70. The minimum absolute atomic E-state index is 0.00523. The lowest BCUT2D eigenvalue weighted by Gasteiger charge is -2.35. The van der Waals surface area contributed by atoms with Crippen molar-refractivity contribution in [1.82, 2.24) is 10.2 Å². The van der Waals surface area contributed by atoms with Crippen LogP contribution in [-0.2, 0) is 4.79 Å². The Hall–Kier alpha value is -0.610. The summed E-state index contributed by atoms with van der Waals surface area (Å²) < 4.78 is 0. The van der Waals surface area contributed by atoms with Crippen molar-refractivity contribution in [3.05, 3.63) is 0 Å². The molecule has 1 aliphatic heterocycles. The molecular formula is C10H19N3O. The second-order valence-electron chi connectivity index (χ2n) is 4.61. The Morgan fingerprint density at radius 1 is 1.43 bits per heavy atom. The molecular weight excluding hydrogens is 178 g/mol. The molecule has 4 heteroatoms. The van der Waals surface area contributed by atoms with Crippen LogP contribution in [0.1, 0.15) is 19.3 Å². The highest BCUT2D eigenvalue weighted by atomic mass is 16.1. The molecule has 1 heterocycles. The molecule has 2 unspecified atom stereocenters. The van der Waals surface area contributed by atoms with Gasteiger partial charge in [-0.1, -0.05) is 0 Å². The Morgan fingerprint density at radius 2 is 2.14 bits per heavy atom. The fraction of sp³-hybridized carbons (Fsp3) is 0.900. The van der Waals surface area contributed by atoms with Crippen LogP contribution < -0.4 is 11.1 Å². The predicted octanol–water partition coefficient (Wildman–Crippen LogP) is -0.456. The number of primary amides is 1. The number of amides is 1. The first kappa shape index (κ1) is 9.93. The van der Waals surface area contributed by atoms with E-state index in [1.165, 1.54) is 12.8 Å². The first-order chi connectivity index (χ1) is 6.66. The van der Waals surface area contributed by atoms with E-state index in [1.807, 2.05) is 7.05 Å². The van der Waals surface area contributed by atoms with Crippen LogP contribution in [0.2, 0.25) is 0 Å². The van der Waals surface area contributed by atoms with Gasteiger partial charge in [-0.2, -0.15) is 0 Å². The molecule has 2 aliphatic rings. The largest absolute Gasteiger partial charge is 0.369 e. The number of hydrogen-bond acceptors (Lipinski definition) is 3. The zero-order valence-corrected chi connectivity index (χ0v) is 8.70. The van der Waals surface area contributed by atoms with E-state index >= 15 is 0 Å². The monoisotopic (exact) mass is 197 g/mol. The Kier molecular flexibility index (Phi) is 2.74. The van der Waals surface area contributed by atoms with Crippen LogP contribution in [-0.4, -0.2) is 43.0 Å². The highest BCUT2D eigenvalue weighted by molar-refractivity contribution is 5.77. The minimum Gasteiger partial charge on any atom is -0.369 e. The van der Waals surface area contributed by atoms with Gasteiger partial charge >= 0.3 is 0 Å². The maximum atomic E-state index is 11.3. The van der Waals surface area contributed by atoms with Gasteiger partial charge in [-0.05, 0) is 32.9 Å². The number of likely N-dealkylation sites (tertiary alicyclic amines) is 1. The number of nitrogens with zero attached hydrogens (tertiary/aromatic N) is 1. The number of hydrogen-bond donors (Lipinski definition) is 2. The van der Waals surface area contributed by atoms with E-state index in [1.54, 1.807) is 0 Å². The van der Waals surface area contributed by atoms with Gasteiger partial charge in [0.15, 0.2) is 0 Å². The van der Waals surface area contributed by atoms with Crippen molar-refractivity contribution >= 4 is 5.91 Å². The number of piperidine rings is 1. The lowest BCUT2D eigenvalue weighted by atomic mass is 9.91. The van der Waals surface area contributed by atoms with Gasteiger partial charge in [0.05, 0.1) is 5.92 Å². The van der Waals surface area contributed by atoms with Crippen LogP contribution in [0.3, 0.4) is 0 Å². The summed E-state index contributed by atoms with van der Waals surface area (Å²) in [6.07, 6.45) is 3.57. The van der Waals surface area contributed by atoms with E-state index in [9.17, 15) is 4.79 Å². The van der Waals surface area contributed by atoms with Gasteiger partial charge in [0.25, 0.3) is 0 Å². The van der Waals surface area contributed by atoms with Crippen molar-refractivity contribution in [3.63, 3.8) is 0 Å². The molecule has 1 saturated heterocycles. The average molecular weight is 197 g/mol. The fourth-order valence-corrected chi connectivity index (χ4v) is 2.16. The summed E-state index contributed by atoms with van der Waals surface area (Å²) in [6, 6.07) is 0.974. The maximum absolute atomic E-state index is 11.3. The van der Waals surface area contributed by atoms with E-state index in [0.717, 1.165) is 19.5 Å². The summed E-state index contributed by atoms with van der Waals surface area (Å²) >= 11 is 0. The Labute approximate surface area is 84.8 Å². The van der Waals surface area contributed by atoms with Gasteiger partial charge in [-0.3, -0.25) is 4.79 Å². The third kappa shape index (κ3) is 2.25. The quantitative estimate of drug-likeness (QED) is 0.644. The van der Waals surface area contributed by atoms with Gasteiger partial charge in [0, 0.05) is 18.6 Å². The Balaban J connectivity index is 1.93. The number of nitrogens with one attached hydrogen (secondary N) is 1. The summed E-state index contributed by atoms with van der Waals surface area (Å²) in [6.45, 7) is 1.87. The van der Waals surface area contributed by atoms with Gasteiger partial charge in [-0.15, -0.1) is 0 Å². The summed E-state index contributed by atoms with van der Waals surface area (Å²) in [7, 11) is 2.04. The highest BCUT2D eigenvalue weighted by Gasteiger charge is 2.35. The molecule has 2 rings (SSSR count). The van der Waals surface area contributed by atoms with Crippen LogP contribution >= 0.6 is 0 Å². The molecule has 14 heavy (non-hydrogen) atoms. The summed E-state index contributed by atoms with van der Waals surface area (Å²) in [5.41, 5.74) is 5.41. The van der Waals surface area contributed by atoms with Gasteiger partial charge in [-0.25, -0.2) is 0 Å². The normalized spacial score (nSPS) is 34.4. The van der Waals surface area contributed by atoms with Crippen molar-refractivity contribution in [2.24, 2.45) is 11.7 Å². The molecule has 2 atom stereocenters. The lowest BCUT2D eigenvalue weighted by molar-refractivity contribution is -0.124. The molecule has 1 amide bonds. The van der Waals surface area contributed by atoms with E-state index in [4.69, 9.17) is 5.73 Å². The Morgan fingerprint density at radius 3 is 2.71 bits per heavy atom. The summed E-state index contributed by atoms with van der Waals surface area (Å²) in [5.74, 6) is -0.163. The third-order valence-corrected chi connectivity index (χ3v) is 3.21. The van der Waals surface area contributed by atoms with Crippen molar-refractivity contribution < 1.29 is 4.79 Å². The molecule has 1 saturated carbocycles. The van der Waals surface area contributed by atoms with Crippen LogP contribution in [0.4, 0.5) is 0 Å². The number of carbonyl (C=O) groups excluding carboxylic acids is 1. The lowest BCUT2D eigenvalue weighted by Crippen LogP contribution is -2.53. The molecule has 0 spiro atoms. The average Bonchev–Trinajstić information content (AvgIpc) is 2.91. The molecule has 0 aromatic heterocycles. The van der Waals surface area contributed by atoms with E-state index in [-0.39, 0.29) is 11.8 Å². The number of carbonyl (C=O) groups is 1. The second-order valence-corrected chi connectivity index (χ2v) is 4.61. The molecule has 0 aromatic rings. The third-order valence-electron chi connectivity index (χ3n) is 3.21. The van der Waals surface area contributed by atoms with Crippen molar-refractivity contribution in [2.75, 3.05) is 20.1 Å². The van der Waals surface area contributed by atoms with E-state index in [0.29, 0.717) is 12.1 Å². The molecule has 2 fully saturated rings. The van der Waals surface area contributed by atoms with Crippen LogP contribution in [0.5, 0.6) is 0 Å². The molecule has 1 aliphatic carbocycles. The number of rotatable bonds is 3. The number of nitrogens with two attached hydrogens (primary N) is 1. The summed E-state index contributed by atoms with van der Waals surface area (Å²) in [4.78, 5) is 13.4. The van der Waals surface area contributed by atoms with Crippen molar-refractivity contribution in [1.29, 1.82) is 0 Å². The highest BCUT2D eigenvalue weighted by Crippen LogP contribution is 2.24. The van der Waals surface area contributed by atoms with Crippen molar-refractivity contribution in [2.45, 2.75) is 31.3 Å². The van der Waals surface area contributed by atoms with E-state index in [2.05, 4.69) is 10.2 Å². The fourth-order valence-electron chi connectivity index (χ4n) is 2.16. The molecule has 3 N–H and O–H groups in total. The molecule has 80 valence electrons. The first-order valence-electron chi connectivity index (χ1n) is 5.40. The van der Waals surface area contributed by atoms with Crippen molar-refractivity contribution in [3.8, 4) is 0 Å². The second kappa shape index (κ2) is 3.87. The van der Waals surface area contributed by atoms with Gasteiger partial charge in [0.1, 0.15) is 0 Å². The molecule has 4 nitrogen and oxygen atoms in total. The summed E-state index contributed by atoms with van der Waals surface area (Å²) in [5, 5.41) is 3.52. The van der Waals surface area contributed by atoms with Gasteiger partial charge in [0.2, 0.25) is 5.91 Å². The standard InChI is InChI=1S/C10H19N3O/c1-13-5-4-9(12-7-2-3-7)8(6-13)10(11)14/h7-9,12H,2-6H2,1H3,(H2,11,14). The Bertz CT molecular complexity index is 227. The van der Waals surface area contributed by atoms with Crippen LogP contribution in [0.25, 0.3) is 0 Å². The van der Waals surface area contributed by atoms with Crippen LogP contribution in [0, 0.1) is 5.92 Å². The van der Waals surface area contributed by atoms with Crippen LogP contribution in [0.15, 0.2) is 0 Å².